The fraction of sp³-hybridized carbons (Fsp3) is 0. The maximum absolute atomic E-state index is 2.42. The summed E-state index contributed by atoms with van der Waals surface area (Å²) in [4.78, 5) is 0. The highest BCUT2D eigenvalue weighted by Gasteiger charge is 2.18. The van der Waals surface area contributed by atoms with Gasteiger partial charge in [-0.15, -0.1) is 22.7 Å². The highest BCUT2D eigenvalue weighted by Crippen LogP contribution is 2.44. The molecule has 0 atom stereocenters. The maximum atomic E-state index is 2.42. The molecule has 1 nitrogen and oxygen atoms in total. The van der Waals surface area contributed by atoms with Crippen LogP contribution in [0.1, 0.15) is 0 Å². The molecule has 3 heteroatoms. The van der Waals surface area contributed by atoms with Crippen molar-refractivity contribution in [1.29, 1.82) is 0 Å². The van der Waals surface area contributed by atoms with Crippen molar-refractivity contribution in [3.63, 3.8) is 0 Å². The van der Waals surface area contributed by atoms with Crippen LogP contribution in [0.25, 0.3) is 79.3 Å². The SMILES string of the molecule is c1ccc(-n2c3ccccc3c3sc4cc(-c5ccc(-c6cccc7sc8ccccc8c67)cc5)ccc4c32)cc1. The normalized spacial score (nSPS) is 11.9. The van der Waals surface area contributed by atoms with Crippen molar-refractivity contribution >= 4 is 74.1 Å². The van der Waals surface area contributed by atoms with Crippen LogP contribution in [0.5, 0.6) is 0 Å². The third kappa shape index (κ3) is 3.46. The van der Waals surface area contributed by atoms with Crippen molar-refractivity contribution in [1.82, 2.24) is 4.57 Å². The minimum atomic E-state index is 1.20. The fourth-order valence-corrected chi connectivity index (χ4v) is 8.74. The number of para-hydroxylation sites is 2. The van der Waals surface area contributed by atoms with Crippen molar-refractivity contribution in [3.05, 3.63) is 140 Å². The molecule has 0 spiro atoms. The van der Waals surface area contributed by atoms with Crippen LogP contribution < -0.4 is 0 Å². The molecule has 192 valence electrons. The van der Waals surface area contributed by atoms with Gasteiger partial charge in [0.05, 0.1) is 15.7 Å². The Labute approximate surface area is 245 Å². The Hall–Kier alpha value is -4.70. The molecule has 9 aromatic rings. The average molecular weight is 558 g/mol. The van der Waals surface area contributed by atoms with E-state index in [-0.39, 0.29) is 0 Å². The van der Waals surface area contributed by atoms with Gasteiger partial charge in [-0.3, -0.25) is 0 Å². The molecule has 0 saturated heterocycles. The molecule has 0 aliphatic heterocycles. The predicted octanol–water partition coefficient (Wildman–Crippen LogP) is 11.7. The first-order valence-electron chi connectivity index (χ1n) is 13.9. The van der Waals surface area contributed by atoms with E-state index in [4.69, 9.17) is 0 Å². The lowest BCUT2D eigenvalue weighted by atomic mass is 9.97. The second-order valence-corrected chi connectivity index (χ2v) is 12.7. The zero-order valence-corrected chi connectivity index (χ0v) is 23.7. The molecule has 0 bridgehead atoms. The van der Waals surface area contributed by atoms with Crippen molar-refractivity contribution in [2.24, 2.45) is 0 Å². The van der Waals surface area contributed by atoms with Gasteiger partial charge in [-0.25, -0.2) is 0 Å². The number of fused-ring (bicyclic) bond motifs is 8. The Morgan fingerprint density at radius 2 is 1.15 bits per heavy atom. The van der Waals surface area contributed by atoms with Gasteiger partial charge < -0.3 is 4.57 Å². The zero-order valence-electron chi connectivity index (χ0n) is 22.0. The molecule has 0 N–H and O–H groups in total. The minimum absolute atomic E-state index is 1.20. The first kappa shape index (κ1) is 23.0. The lowest BCUT2D eigenvalue weighted by molar-refractivity contribution is 1.19. The molecule has 0 unspecified atom stereocenters. The van der Waals surface area contributed by atoms with Crippen molar-refractivity contribution < 1.29 is 0 Å². The summed E-state index contributed by atoms with van der Waals surface area (Å²) in [5.41, 5.74) is 8.82. The first-order chi connectivity index (χ1) is 20.3. The summed E-state index contributed by atoms with van der Waals surface area (Å²) in [6.07, 6.45) is 0. The number of rotatable bonds is 3. The van der Waals surface area contributed by atoms with Crippen LogP contribution >= 0.6 is 22.7 Å². The van der Waals surface area contributed by atoms with E-state index in [2.05, 4.69) is 144 Å². The summed E-state index contributed by atoms with van der Waals surface area (Å²) in [6.45, 7) is 0. The molecule has 0 radical (unpaired) electrons. The van der Waals surface area contributed by atoms with Crippen LogP contribution in [-0.4, -0.2) is 4.57 Å². The lowest BCUT2D eigenvalue weighted by Crippen LogP contribution is -1.92. The molecular formula is C38H23NS2. The van der Waals surface area contributed by atoms with Gasteiger partial charge in [0.25, 0.3) is 0 Å². The van der Waals surface area contributed by atoms with Gasteiger partial charge in [0.2, 0.25) is 0 Å². The van der Waals surface area contributed by atoms with Crippen molar-refractivity contribution in [2.45, 2.75) is 0 Å². The second-order valence-electron chi connectivity index (χ2n) is 10.5. The quantitative estimate of drug-likeness (QED) is 0.204. The van der Waals surface area contributed by atoms with Gasteiger partial charge in [-0.05, 0) is 58.7 Å². The Morgan fingerprint density at radius 3 is 2.02 bits per heavy atom. The topological polar surface area (TPSA) is 4.93 Å². The fourth-order valence-electron chi connectivity index (χ4n) is 6.35. The van der Waals surface area contributed by atoms with Crippen LogP contribution in [0, 0.1) is 0 Å². The van der Waals surface area contributed by atoms with E-state index in [1.807, 2.05) is 22.7 Å². The van der Waals surface area contributed by atoms with Gasteiger partial charge in [0.1, 0.15) is 0 Å². The molecule has 0 aliphatic carbocycles. The first-order valence-corrected chi connectivity index (χ1v) is 15.5. The standard InChI is InChI=1S/C38H23NS2/c1-2-9-27(10-3-1)39-32-14-6-4-11-29(32)38-37(39)31-22-21-26(23-35(31)41-38)24-17-19-25(20-18-24)28-13-8-16-34-36(28)30-12-5-7-15-33(30)40-34/h1-23H. The molecular weight excluding hydrogens is 535 g/mol. The summed E-state index contributed by atoms with van der Waals surface area (Å²) in [6, 6.07) is 51.0. The van der Waals surface area contributed by atoms with E-state index in [1.165, 1.54) is 79.3 Å². The average Bonchev–Trinajstić information content (AvgIpc) is 3.70. The molecule has 0 amide bonds. The molecule has 0 aliphatic rings. The Balaban J connectivity index is 1.17. The van der Waals surface area contributed by atoms with Gasteiger partial charge in [-0.2, -0.15) is 0 Å². The molecule has 0 fully saturated rings. The third-order valence-corrected chi connectivity index (χ3v) is 10.5. The predicted molar refractivity (Wildman–Crippen MR) is 180 cm³/mol. The van der Waals surface area contributed by atoms with Gasteiger partial charge in [0.15, 0.2) is 0 Å². The molecule has 6 aromatic carbocycles. The summed E-state index contributed by atoms with van der Waals surface area (Å²) < 4.78 is 7.78. The van der Waals surface area contributed by atoms with Crippen LogP contribution in [0.3, 0.4) is 0 Å². The van der Waals surface area contributed by atoms with Crippen molar-refractivity contribution in [3.8, 4) is 27.9 Å². The minimum Gasteiger partial charge on any atom is -0.308 e. The molecule has 0 saturated carbocycles. The summed E-state index contributed by atoms with van der Waals surface area (Å²) in [7, 11) is 0. The van der Waals surface area contributed by atoms with Gasteiger partial charge >= 0.3 is 0 Å². The smallest absolute Gasteiger partial charge is 0.0727 e. The van der Waals surface area contributed by atoms with Gasteiger partial charge in [-0.1, -0.05) is 103 Å². The zero-order chi connectivity index (χ0) is 26.9. The van der Waals surface area contributed by atoms with E-state index in [0.29, 0.717) is 0 Å². The summed E-state index contributed by atoms with van der Waals surface area (Å²) in [5, 5.41) is 5.32. The van der Waals surface area contributed by atoms with E-state index in [1.54, 1.807) is 0 Å². The van der Waals surface area contributed by atoms with Crippen LogP contribution in [0.2, 0.25) is 0 Å². The van der Waals surface area contributed by atoms with Crippen LogP contribution in [0.15, 0.2) is 140 Å². The summed E-state index contributed by atoms with van der Waals surface area (Å²) in [5.74, 6) is 0. The number of thiophene rings is 2. The summed E-state index contributed by atoms with van der Waals surface area (Å²) >= 11 is 3.77. The highest BCUT2D eigenvalue weighted by atomic mass is 32.1. The molecule has 3 aromatic heterocycles. The molecule has 9 rings (SSSR count). The number of aromatic nitrogens is 1. The maximum Gasteiger partial charge on any atom is 0.0727 e. The van der Waals surface area contributed by atoms with Crippen molar-refractivity contribution in [2.75, 3.05) is 0 Å². The van der Waals surface area contributed by atoms with Crippen LogP contribution in [-0.2, 0) is 0 Å². The monoisotopic (exact) mass is 557 g/mol. The van der Waals surface area contributed by atoms with Crippen LogP contribution in [0.4, 0.5) is 0 Å². The largest absolute Gasteiger partial charge is 0.308 e. The van der Waals surface area contributed by atoms with E-state index >= 15 is 0 Å². The highest BCUT2D eigenvalue weighted by molar-refractivity contribution is 7.27. The Kier molecular flexibility index (Phi) is 5.00. The van der Waals surface area contributed by atoms with E-state index < -0.39 is 0 Å². The lowest BCUT2D eigenvalue weighted by Gasteiger charge is -2.09. The number of benzene rings is 6. The third-order valence-electron chi connectivity index (χ3n) is 8.22. The second kappa shape index (κ2) is 8.90. The number of hydrogen-bond donors (Lipinski definition) is 0. The Morgan fingerprint density at radius 1 is 0.439 bits per heavy atom. The number of nitrogens with zero attached hydrogens (tertiary/aromatic N) is 1. The molecule has 41 heavy (non-hydrogen) atoms. The number of hydrogen-bond acceptors (Lipinski definition) is 2. The Bertz CT molecular complexity index is 2400. The molecule has 3 heterocycles. The van der Waals surface area contributed by atoms with Gasteiger partial charge in [0, 0.05) is 41.3 Å². The van der Waals surface area contributed by atoms with E-state index in [0.717, 1.165) is 0 Å². The van der Waals surface area contributed by atoms with E-state index in [9.17, 15) is 0 Å².